The van der Waals surface area contributed by atoms with Crippen molar-refractivity contribution in [1.29, 1.82) is 0 Å². The van der Waals surface area contributed by atoms with Gasteiger partial charge in [0.05, 0.1) is 0 Å². The number of carbonyl (C=O) groups is 1. The maximum Gasteiger partial charge on any atom is 0.223 e. The van der Waals surface area contributed by atoms with E-state index in [1.54, 1.807) is 12.1 Å². The number of rotatable bonds is 4. The van der Waals surface area contributed by atoms with Gasteiger partial charge in [-0.3, -0.25) is 4.79 Å². The van der Waals surface area contributed by atoms with Gasteiger partial charge in [0.15, 0.2) is 0 Å². The van der Waals surface area contributed by atoms with Gasteiger partial charge in [-0.25, -0.2) is 4.39 Å². The Morgan fingerprint density at radius 1 is 1.09 bits per heavy atom. The highest BCUT2D eigenvalue weighted by atomic mass is 19.1. The van der Waals surface area contributed by atoms with Crippen LogP contribution >= 0.6 is 0 Å². The van der Waals surface area contributed by atoms with Crippen LogP contribution in [0.1, 0.15) is 50.5 Å². The molecule has 2 nitrogen and oxygen atoms in total. The quantitative estimate of drug-likeness (QED) is 0.807. The van der Waals surface area contributed by atoms with Crippen LogP contribution in [0.25, 0.3) is 0 Å². The first-order valence-corrected chi connectivity index (χ1v) is 9.00. The van der Waals surface area contributed by atoms with E-state index in [0.717, 1.165) is 23.3 Å². The van der Waals surface area contributed by atoms with Gasteiger partial charge in [0.25, 0.3) is 0 Å². The molecule has 5 rings (SSSR count). The molecule has 1 aromatic carbocycles. The highest BCUT2D eigenvalue weighted by molar-refractivity contribution is 5.76. The third-order valence-electron chi connectivity index (χ3n) is 6.45. The van der Waals surface area contributed by atoms with Crippen LogP contribution in [0, 0.1) is 29.0 Å². The van der Waals surface area contributed by atoms with Gasteiger partial charge in [-0.2, -0.15) is 0 Å². The molecule has 4 aliphatic carbocycles. The molecule has 4 bridgehead atoms. The molecule has 0 aliphatic heterocycles. The number of carbonyl (C=O) groups excluding carboxylic acids is 1. The average Bonchev–Trinajstić information content (AvgIpc) is 2.47. The number of hydrogen-bond acceptors (Lipinski definition) is 1. The molecule has 1 aromatic rings. The second kappa shape index (κ2) is 5.61. The number of halogens is 1. The first-order chi connectivity index (χ1) is 11.0. The Kier molecular flexibility index (Phi) is 3.70. The molecule has 0 saturated heterocycles. The standard InChI is InChI=1S/C20H26FNO/c1-22(13-14-2-4-18(21)5-3-14)19(23)12-20-9-15-6-16(10-20)8-17(7-15)11-20/h2-5,15-17H,6-13H2,1H3. The molecule has 3 heteroatoms. The Hall–Kier alpha value is -1.38. The van der Waals surface area contributed by atoms with Crippen LogP contribution < -0.4 is 0 Å². The van der Waals surface area contributed by atoms with E-state index in [1.807, 2.05) is 11.9 Å². The second-order valence-electron chi connectivity index (χ2n) is 8.47. The molecular weight excluding hydrogens is 289 g/mol. The van der Waals surface area contributed by atoms with E-state index in [-0.39, 0.29) is 11.7 Å². The maximum absolute atomic E-state index is 13.0. The van der Waals surface area contributed by atoms with Crippen molar-refractivity contribution >= 4 is 5.91 Å². The lowest BCUT2D eigenvalue weighted by Gasteiger charge is -2.56. The molecule has 4 fully saturated rings. The average molecular weight is 315 g/mol. The predicted molar refractivity (Wildman–Crippen MR) is 88.1 cm³/mol. The van der Waals surface area contributed by atoms with E-state index in [1.165, 1.54) is 50.7 Å². The molecule has 0 N–H and O–H groups in total. The number of hydrogen-bond donors (Lipinski definition) is 0. The molecule has 1 amide bonds. The normalized spacial score (nSPS) is 34.6. The summed E-state index contributed by atoms with van der Waals surface area (Å²) in [6.45, 7) is 0.575. The third kappa shape index (κ3) is 3.02. The first kappa shape index (κ1) is 15.2. The summed E-state index contributed by atoms with van der Waals surface area (Å²) < 4.78 is 13.0. The zero-order chi connectivity index (χ0) is 16.0. The van der Waals surface area contributed by atoms with Crippen LogP contribution in [0.3, 0.4) is 0 Å². The summed E-state index contributed by atoms with van der Waals surface area (Å²) in [5, 5.41) is 0. The highest BCUT2D eigenvalue weighted by Gasteiger charge is 2.51. The van der Waals surface area contributed by atoms with E-state index in [0.29, 0.717) is 18.4 Å². The minimum absolute atomic E-state index is 0.226. The number of amides is 1. The van der Waals surface area contributed by atoms with Gasteiger partial charge in [0, 0.05) is 20.0 Å². The summed E-state index contributed by atoms with van der Waals surface area (Å²) in [7, 11) is 1.88. The highest BCUT2D eigenvalue weighted by Crippen LogP contribution is 2.61. The molecule has 0 aromatic heterocycles. The van der Waals surface area contributed by atoms with Crippen molar-refractivity contribution < 1.29 is 9.18 Å². The van der Waals surface area contributed by atoms with E-state index in [9.17, 15) is 9.18 Å². The van der Waals surface area contributed by atoms with Crippen molar-refractivity contribution in [2.75, 3.05) is 7.05 Å². The van der Waals surface area contributed by atoms with Crippen LogP contribution in [0.15, 0.2) is 24.3 Å². The monoisotopic (exact) mass is 315 g/mol. The van der Waals surface area contributed by atoms with Crippen LogP contribution in [-0.2, 0) is 11.3 Å². The SMILES string of the molecule is CN(Cc1ccc(F)cc1)C(=O)CC12CC3CC(CC(C3)C1)C2. The third-order valence-corrected chi connectivity index (χ3v) is 6.45. The molecule has 0 radical (unpaired) electrons. The molecule has 4 aliphatic rings. The van der Waals surface area contributed by atoms with Gasteiger partial charge in [-0.15, -0.1) is 0 Å². The Labute approximate surface area is 138 Å². The fraction of sp³-hybridized carbons (Fsp3) is 0.650. The number of nitrogens with zero attached hydrogens (tertiary/aromatic N) is 1. The molecule has 4 saturated carbocycles. The lowest BCUT2D eigenvalue weighted by molar-refractivity contribution is -0.138. The lowest BCUT2D eigenvalue weighted by Crippen LogP contribution is -2.48. The Morgan fingerprint density at radius 2 is 1.61 bits per heavy atom. The van der Waals surface area contributed by atoms with Gasteiger partial charge in [0.1, 0.15) is 5.82 Å². The summed E-state index contributed by atoms with van der Waals surface area (Å²) in [5.74, 6) is 2.69. The minimum atomic E-state index is -0.226. The van der Waals surface area contributed by atoms with Crippen molar-refractivity contribution in [3.63, 3.8) is 0 Å². The van der Waals surface area contributed by atoms with Crippen molar-refractivity contribution in [1.82, 2.24) is 4.90 Å². The molecule has 0 heterocycles. The smallest absolute Gasteiger partial charge is 0.223 e. The van der Waals surface area contributed by atoms with Crippen LogP contribution in [0.5, 0.6) is 0 Å². The topological polar surface area (TPSA) is 20.3 Å². The van der Waals surface area contributed by atoms with E-state index in [2.05, 4.69) is 0 Å². The molecular formula is C20H26FNO. The summed E-state index contributed by atoms with van der Waals surface area (Å²) in [6.07, 6.45) is 8.78. The van der Waals surface area contributed by atoms with Crippen molar-refractivity contribution in [2.24, 2.45) is 23.2 Å². The first-order valence-electron chi connectivity index (χ1n) is 9.00. The number of benzene rings is 1. The Bertz CT molecular complexity index is 559. The second-order valence-corrected chi connectivity index (χ2v) is 8.47. The molecule has 124 valence electrons. The van der Waals surface area contributed by atoms with Gasteiger partial charge in [-0.05, 0) is 79.4 Å². The minimum Gasteiger partial charge on any atom is -0.341 e. The Balaban J connectivity index is 1.40. The molecule has 0 unspecified atom stereocenters. The van der Waals surface area contributed by atoms with Crippen molar-refractivity contribution in [3.05, 3.63) is 35.6 Å². The molecule has 23 heavy (non-hydrogen) atoms. The van der Waals surface area contributed by atoms with Gasteiger partial charge < -0.3 is 4.90 Å². The fourth-order valence-corrected chi connectivity index (χ4v) is 5.91. The summed E-state index contributed by atoms with van der Waals surface area (Å²) >= 11 is 0. The van der Waals surface area contributed by atoms with Crippen LogP contribution in [-0.4, -0.2) is 17.9 Å². The summed E-state index contributed by atoms with van der Waals surface area (Å²) in [6, 6.07) is 6.47. The van der Waals surface area contributed by atoms with Gasteiger partial charge >= 0.3 is 0 Å². The van der Waals surface area contributed by atoms with Gasteiger partial charge in [0.2, 0.25) is 5.91 Å². The predicted octanol–water partition coefficient (Wildman–Crippen LogP) is 4.39. The molecule has 0 spiro atoms. The zero-order valence-electron chi connectivity index (χ0n) is 13.9. The van der Waals surface area contributed by atoms with E-state index in [4.69, 9.17) is 0 Å². The van der Waals surface area contributed by atoms with Crippen LogP contribution in [0.4, 0.5) is 4.39 Å². The lowest BCUT2D eigenvalue weighted by atomic mass is 9.49. The van der Waals surface area contributed by atoms with E-state index >= 15 is 0 Å². The summed E-state index contributed by atoms with van der Waals surface area (Å²) in [5.41, 5.74) is 1.29. The fourth-order valence-electron chi connectivity index (χ4n) is 5.91. The Morgan fingerprint density at radius 3 is 2.13 bits per heavy atom. The zero-order valence-corrected chi connectivity index (χ0v) is 13.9. The van der Waals surface area contributed by atoms with E-state index < -0.39 is 0 Å². The largest absolute Gasteiger partial charge is 0.341 e. The van der Waals surface area contributed by atoms with Crippen molar-refractivity contribution in [2.45, 2.75) is 51.5 Å². The van der Waals surface area contributed by atoms with Crippen LogP contribution in [0.2, 0.25) is 0 Å². The van der Waals surface area contributed by atoms with Crippen molar-refractivity contribution in [3.8, 4) is 0 Å². The van der Waals surface area contributed by atoms with Gasteiger partial charge in [-0.1, -0.05) is 12.1 Å². The maximum atomic E-state index is 13.0. The summed E-state index contributed by atoms with van der Waals surface area (Å²) in [4.78, 5) is 14.6. The molecule has 0 atom stereocenters.